The van der Waals surface area contributed by atoms with Crippen LogP contribution in [0.15, 0.2) is 40.8 Å². The summed E-state index contributed by atoms with van der Waals surface area (Å²) in [5.41, 5.74) is 14.8. The zero-order valence-corrected chi connectivity index (χ0v) is 10.3. The Kier molecular flexibility index (Phi) is 2.79. The number of rotatable bonds is 3. The molecule has 96 valence electrons. The van der Waals surface area contributed by atoms with Gasteiger partial charge < -0.3 is 15.9 Å². The van der Waals surface area contributed by atoms with Crippen LogP contribution in [0.5, 0.6) is 0 Å². The number of hydrogen-bond donors (Lipinski definition) is 2. The Bertz CT molecular complexity index is 720. The van der Waals surface area contributed by atoms with Gasteiger partial charge >= 0.3 is 0 Å². The van der Waals surface area contributed by atoms with Gasteiger partial charge in [0.15, 0.2) is 5.58 Å². The van der Waals surface area contributed by atoms with Crippen LogP contribution in [0, 0.1) is 0 Å². The summed E-state index contributed by atoms with van der Waals surface area (Å²) in [7, 11) is 0. The Balaban J connectivity index is 1.78. The van der Waals surface area contributed by atoms with E-state index in [0.29, 0.717) is 5.82 Å². The van der Waals surface area contributed by atoms with Crippen LogP contribution in [0.2, 0.25) is 0 Å². The minimum Gasteiger partial charge on any atom is -0.424 e. The topological polar surface area (TPSA) is 91.0 Å². The van der Waals surface area contributed by atoms with Gasteiger partial charge in [-0.25, -0.2) is 4.98 Å². The van der Waals surface area contributed by atoms with Gasteiger partial charge in [0.25, 0.3) is 6.01 Å². The van der Waals surface area contributed by atoms with Crippen molar-refractivity contribution < 1.29 is 4.42 Å². The maximum absolute atomic E-state index is 5.66. The molecule has 0 bridgehead atoms. The maximum atomic E-state index is 5.66. The fourth-order valence-electron chi connectivity index (χ4n) is 2.05. The summed E-state index contributed by atoms with van der Waals surface area (Å²) < 4.78 is 5.31. The lowest BCUT2D eigenvalue weighted by Crippen LogP contribution is -1.97. The van der Waals surface area contributed by atoms with Gasteiger partial charge in [-0.3, -0.25) is 0 Å². The highest BCUT2D eigenvalue weighted by Gasteiger charge is 2.04. The SMILES string of the molecule is Nc1cccc(CCc2ccc3nc(N)oc3c2)n1. The van der Waals surface area contributed by atoms with E-state index in [-0.39, 0.29) is 6.01 Å². The second kappa shape index (κ2) is 4.61. The first-order valence-corrected chi connectivity index (χ1v) is 6.07. The summed E-state index contributed by atoms with van der Waals surface area (Å²) in [6.45, 7) is 0. The molecule has 0 spiro atoms. The van der Waals surface area contributed by atoms with Crippen LogP contribution >= 0.6 is 0 Å². The summed E-state index contributed by atoms with van der Waals surface area (Å²) in [6, 6.07) is 11.8. The third-order valence-corrected chi connectivity index (χ3v) is 2.97. The van der Waals surface area contributed by atoms with E-state index in [9.17, 15) is 0 Å². The molecule has 0 atom stereocenters. The molecule has 0 saturated heterocycles. The Morgan fingerprint density at radius 2 is 1.89 bits per heavy atom. The number of oxazole rings is 1. The van der Waals surface area contributed by atoms with Crippen molar-refractivity contribution in [3.8, 4) is 0 Å². The molecule has 0 saturated carbocycles. The Morgan fingerprint density at radius 3 is 2.74 bits per heavy atom. The number of aryl methyl sites for hydroxylation is 2. The van der Waals surface area contributed by atoms with E-state index in [1.807, 2.05) is 30.3 Å². The Morgan fingerprint density at radius 1 is 1.00 bits per heavy atom. The summed E-state index contributed by atoms with van der Waals surface area (Å²) in [6.07, 6.45) is 1.70. The Labute approximate surface area is 110 Å². The summed E-state index contributed by atoms with van der Waals surface area (Å²) >= 11 is 0. The average molecular weight is 254 g/mol. The standard InChI is InChI=1S/C14H14N4O/c15-13-3-1-2-10(17-13)6-4-9-5-7-11-12(8-9)19-14(16)18-11/h1-3,5,7-8H,4,6H2,(H2,15,17)(H2,16,18). The molecule has 2 aromatic heterocycles. The Hall–Kier alpha value is -2.56. The van der Waals surface area contributed by atoms with Gasteiger partial charge in [0.05, 0.1) is 0 Å². The van der Waals surface area contributed by atoms with Crippen LogP contribution in [0.1, 0.15) is 11.3 Å². The molecule has 1 aromatic carbocycles. The molecule has 3 aromatic rings. The molecule has 0 fully saturated rings. The van der Waals surface area contributed by atoms with Gasteiger partial charge in [0, 0.05) is 5.69 Å². The summed E-state index contributed by atoms with van der Waals surface area (Å²) in [5.74, 6) is 0.552. The maximum Gasteiger partial charge on any atom is 0.292 e. The van der Waals surface area contributed by atoms with Crippen LogP contribution in [-0.4, -0.2) is 9.97 Å². The van der Waals surface area contributed by atoms with E-state index in [4.69, 9.17) is 15.9 Å². The quantitative estimate of drug-likeness (QED) is 0.747. The van der Waals surface area contributed by atoms with Gasteiger partial charge in [0.2, 0.25) is 0 Å². The lowest BCUT2D eigenvalue weighted by Gasteiger charge is -2.02. The third-order valence-electron chi connectivity index (χ3n) is 2.97. The number of hydrogen-bond acceptors (Lipinski definition) is 5. The van der Waals surface area contributed by atoms with Gasteiger partial charge in [-0.15, -0.1) is 0 Å². The number of nitrogen functional groups attached to an aromatic ring is 2. The van der Waals surface area contributed by atoms with Crippen molar-refractivity contribution in [2.45, 2.75) is 12.8 Å². The van der Waals surface area contributed by atoms with Crippen molar-refractivity contribution in [1.82, 2.24) is 9.97 Å². The van der Waals surface area contributed by atoms with E-state index in [2.05, 4.69) is 9.97 Å². The second-order valence-corrected chi connectivity index (χ2v) is 4.41. The highest BCUT2D eigenvalue weighted by atomic mass is 16.4. The van der Waals surface area contributed by atoms with Crippen LogP contribution in [0.4, 0.5) is 11.8 Å². The smallest absolute Gasteiger partial charge is 0.292 e. The minimum atomic E-state index is 0.199. The fourth-order valence-corrected chi connectivity index (χ4v) is 2.05. The van der Waals surface area contributed by atoms with Crippen molar-refractivity contribution >= 4 is 22.9 Å². The molecule has 0 aliphatic heterocycles. The first-order valence-electron chi connectivity index (χ1n) is 6.07. The molecule has 19 heavy (non-hydrogen) atoms. The first-order chi connectivity index (χ1) is 9.20. The van der Waals surface area contributed by atoms with Crippen LogP contribution in [0.3, 0.4) is 0 Å². The highest BCUT2D eigenvalue weighted by Crippen LogP contribution is 2.19. The highest BCUT2D eigenvalue weighted by molar-refractivity contribution is 5.74. The molecule has 5 nitrogen and oxygen atoms in total. The second-order valence-electron chi connectivity index (χ2n) is 4.41. The number of fused-ring (bicyclic) bond motifs is 1. The van der Waals surface area contributed by atoms with E-state index in [1.54, 1.807) is 6.07 Å². The molecule has 0 unspecified atom stereocenters. The van der Waals surface area contributed by atoms with Crippen molar-refractivity contribution in [2.75, 3.05) is 11.5 Å². The zero-order valence-electron chi connectivity index (χ0n) is 10.3. The number of aromatic nitrogens is 2. The molecule has 0 aliphatic carbocycles. The molecular formula is C14H14N4O. The monoisotopic (exact) mass is 254 g/mol. The largest absolute Gasteiger partial charge is 0.424 e. The van der Waals surface area contributed by atoms with E-state index in [1.165, 1.54) is 0 Å². The fraction of sp³-hybridized carbons (Fsp3) is 0.143. The molecule has 3 rings (SSSR count). The van der Waals surface area contributed by atoms with E-state index in [0.717, 1.165) is 35.2 Å². The number of nitrogens with zero attached hydrogens (tertiary/aromatic N) is 2. The molecule has 0 aliphatic rings. The van der Waals surface area contributed by atoms with Crippen molar-refractivity contribution in [3.05, 3.63) is 47.7 Å². The number of nitrogens with two attached hydrogens (primary N) is 2. The lowest BCUT2D eigenvalue weighted by atomic mass is 10.1. The van der Waals surface area contributed by atoms with E-state index < -0.39 is 0 Å². The molecule has 0 amide bonds. The van der Waals surface area contributed by atoms with Gasteiger partial charge in [-0.2, -0.15) is 4.98 Å². The average Bonchev–Trinajstić information content (AvgIpc) is 2.75. The predicted molar refractivity (Wildman–Crippen MR) is 74.5 cm³/mol. The van der Waals surface area contributed by atoms with Crippen LogP contribution in [0.25, 0.3) is 11.1 Å². The zero-order chi connectivity index (χ0) is 13.2. The molecular weight excluding hydrogens is 240 g/mol. The van der Waals surface area contributed by atoms with Crippen molar-refractivity contribution in [2.24, 2.45) is 0 Å². The molecule has 0 radical (unpaired) electrons. The van der Waals surface area contributed by atoms with Crippen LogP contribution in [-0.2, 0) is 12.8 Å². The predicted octanol–water partition coefficient (Wildman–Crippen LogP) is 2.17. The van der Waals surface area contributed by atoms with Gasteiger partial charge in [0.1, 0.15) is 11.3 Å². The molecule has 2 heterocycles. The van der Waals surface area contributed by atoms with E-state index >= 15 is 0 Å². The molecule has 5 heteroatoms. The lowest BCUT2D eigenvalue weighted by molar-refractivity contribution is 0.625. The van der Waals surface area contributed by atoms with Crippen molar-refractivity contribution in [3.63, 3.8) is 0 Å². The number of pyridine rings is 1. The first kappa shape index (κ1) is 11.5. The van der Waals surface area contributed by atoms with Crippen molar-refractivity contribution in [1.29, 1.82) is 0 Å². The molecule has 4 N–H and O–H groups in total. The normalized spacial score (nSPS) is 10.9. The summed E-state index contributed by atoms with van der Waals surface area (Å²) in [5, 5.41) is 0. The minimum absolute atomic E-state index is 0.199. The van der Waals surface area contributed by atoms with Crippen LogP contribution < -0.4 is 11.5 Å². The van der Waals surface area contributed by atoms with Gasteiger partial charge in [-0.1, -0.05) is 12.1 Å². The summed E-state index contributed by atoms with van der Waals surface area (Å²) in [4.78, 5) is 8.34. The third kappa shape index (κ3) is 2.49. The number of anilines is 2. The van der Waals surface area contributed by atoms with Gasteiger partial charge in [-0.05, 0) is 42.7 Å². The number of benzene rings is 1.